The first-order valence-corrected chi connectivity index (χ1v) is 58.6. The summed E-state index contributed by atoms with van der Waals surface area (Å²) in [5.41, 5.74) is 11.3. The Morgan fingerprint density at radius 2 is 0.288 bits per heavy atom. The molecule has 0 atom stereocenters. The van der Waals surface area contributed by atoms with Crippen LogP contribution < -0.4 is 10.6 Å². The highest BCUT2D eigenvalue weighted by Crippen LogP contribution is 2.55. The number of rotatable bonds is 17. The van der Waals surface area contributed by atoms with Gasteiger partial charge in [-0.25, -0.2) is 0 Å². The zero-order valence-corrected chi connectivity index (χ0v) is 95.2. The van der Waals surface area contributed by atoms with Crippen LogP contribution in [0.25, 0.3) is 0 Å². The van der Waals surface area contributed by atoms with Gasteiger partial charge in [0.15, 0.2) is 0 Å². The molecular formula is C123H127Br3O2P2S9. The normalized spacial score (nSPS) is 10.3. The van der Waals surface area contributed by atoms with Crippen LogP contribution >= 0.6 is 173 Å². The minimum atomic E-state index is -2.27. The van der Waals surface area contributed by atoms with E-state index in [0.717, 1.165) is 58.3 Å². The quantitative estimate of drug-likeness (QED) is 0.0237. The molecule has 139 heavy (non-hydrogen) atoms. The lowest BCUT2D eigenvalue weighted by molar-refractivity contribution is 0.587. The van der Waals surface area contributed by atoms with Gasteiger partial charge in [0.1, 0.15) is 14.3 Å². The molecule has 0 heterocycles. The molecule has 0 bridgehead atoms. The second-order valence-corrected chi connectivity index (χ2v) is 46.2. The molecule has 0 amide bonds. The van der Waals surface area contributed by atoms with Crippen molar-refractivity contribution in [3.8, 4) is 0 Å². The SMILES string of the molecule is Brc1ccc(SC(c2ccccc2)(c2ccccc2)c2ccccc2)cc1.Brc1ccc(SC(c2ccccc2)(c2ccccc2)c2ccccc2)cc1.CC.CC.CC.CC.CP(C)(=O)c1ccc(S)cc1.CP(C)(=O)c1ccc(SC(c2ccccc2)(c2ccccc2)c2ccccc2)cc1.Sc1ccc(Br)cc1.Sc1ccccc1.Sc1ccccc1.Sc1ccccc1.Sc1ccccc1. The number of hydrogen-bond donors (Lipinski definition) is 6. The highest BCUT2D eigenvalue weighted by Gasteiger charge is 2.40. The van der Waals surface area contributed by atoms with Crippen molar-refractivity contribution in [3.63, 3.8) is 0 Å². The van der Waals surface area contributed by atoms with Crippen molar-refractivity contribution < 1.29 is 9.13 Å². The fraction of sp³-hybridized carbons (Fsp3) is 0.122. The molecule has 0 fully saturated rings. The lowest BCUT2D eigenvalue weighted by Crippen LogP contribution is -2.25. The Morgan fingerprint density at radius 1 is 0.173 bits per heavy atom. The van der Waals surface area contributed by atoms with Crippen molar-refractivity contribution in [2.24, 2.45) is 0 Å². The summed E-state index contributed by atoms with van der Waals surface area (Å²) in [6.07, 6.45) is 0. The van der Waals surface area contributed by atoms with E-state index in [4.69, 9.17) is 0 Å². The van der Waals surface area contributed by atoms with Crippen LogP contribution in [-0.2, 0) is 23.4 Å². The van der Waals surface area contributed by atoms with Gasteiger partial charge in [-0.05, 0) is 222 Å². The third-order valence-corrected chi connectivity index (χ3v) is 30.9. The molecule has 0 aliphatic carbocycles. The van der Waals surface area contributed by atoms with Gasteiger partial charge in [-0.15, -0.1) is 111 Å². The number of benzene rings is 18. The topological polar surface area (TPSA) is 34.1 Å². The molecule has 18 aromatic carbocycles. The van der Waals surface area contributed by atoms with E-state index in [1.807, 2.05) is 286 Å². The van der Waals surface area contributed by atoms with Gasteiger partial charge in [-0.2, -0.15) is 0 Å². The average Bonchev–Trinajstić information content (AvgIpc) is 0.767. The molecule has 0 unspecified atom stereocenters. The molecule has 0 aliphatic rings. The van der Waals surface area contributed by atoms with Gasteiger partial charge in [-0.3, -0.25) is 0 Å². The van der Waals surface area contributed by atoms with Crippen molar-refractivity contribution in [2.75, 3.05) is 26.7 Å². The average molecular weight is 2230 g/mol. The van der Waals surface area contributed by atoms with Gasteiger partial charge in [0.2, 0.25) is 0 Å². The van der Waals surface area contributed by atoms with Crippen molar-refractivity contribution in [1.29, 1.82) is 0 Å². The highest BCUT2D eigenvalue weighted by atomic mass is 79.9. The first kappa shape index (κ1) is 119. The van der Waals surface area contributed by atoms with E-state index in [-0.39, 0.29) is 9.49 Å². The second kappa shape index (κ2) is 66.7. The maximum Gasteiger partial charge on any atom is 0.109 e. The fourth-order valence-electron chi connectivity index (χ4n) is 13.5. The summed E-state index contributed by atoms with van der Waals surface area (Å²) in [5.74, 6) is 0. The summed E-state index contributed by atoms with van der Waals surface area (Å²) < 4.78 is 26.2. The first-order chi connectivity index (χ1) is 67.4. The van der Waals surface area contributed by atoms with Crippen molar-refractivity contribution in [3.05, 3.63) is 579 Å². The van der Waals surface area contributed by atoms with Crippen LogP contribution in [0.1, 0.15) is 105 Å². The van der Waals surface area contributed by atoms with E-state index >= 15 is 0 Å². The van der Waals surface area contributed by atoms with E-state index in [9.17, 15) is 9.13 Å². The molecular weight excluding hydrogens is 2100 g/mol. The zero-order valence-electron chi connectivity index (χ0n) is 80.8. The molecule has 0 aliphatic heterocycles. The molecule has 716 valence electrons. The molecule has 18 aromatic rings. The van der Waals surface area contributed by atoms with E-state index in [1.54, 1.807) is 13.3 Å². The van der Waals surface area contributed by atoms with Gasteiger partial charge in [0.25, 0.3) is 0 Å². The number of hydrogen-bond acceptors (Lipinski definition) is 11. The fourth-order valence-corrected chi connectivity index (χ4v) is 21.1. The second-order valence-electron chi connectivity index (χ2n) is 30.1. The highest BCUT2D eigenvalue weighted by molar-refractivity contribution is 9.11. The van der Waals surface area contributed by atoms with E-state index < -0.39 is 19.0 Å². The Morgan fingerprint density at radius 3 is 0.417 bits per heavy atom. The molecule has 16 heteroatoms. The molecule has 2 nitrogen and oxygen atoms in total. The van der Waals surface area contributed by atoms with Crippen molar-refractivity contribution in [2.45, 2.75) is 114 Å². The standard InChI is InChI=1S/C27H25OPS.2C25H19BrS.C8H11OPS.C6H5BrS.4C6H6S.4C2H6/c1-29(2,28)25-18-20-26(21-19-25)30-27(22-12-6-3-7-13-22,23-14-8-4-9-15-23)24-16-10-5-11-17-24;2*26-23-16-18-24(19-17-23)27-25(20-10-4-1-5-11-20,21-12-6-2-7-13-21)22-14-8-3-9-15-22;1-10(2,9)7-3-5-8(11)6-4-7;7-5-1-3-6(8)4-2-5;4*7-6-4-2-1-3-5-6;4*1-2/h3-21H,1-2H3;2*1-19H;3-6,11H,1-2H3;1-4,8H;4*1-5,7H;4*1-2H3. The van der Waals surface area contributed by atoms with Crippen LogP contribution in [0.5, 0.6) is 0 Å². The minimum Gasteiger partial charge on any atom is -0.319 e. The van der Waals surface area contributed by atoms with Crippen molar-refractivity contribution in [1.82, 2.24) is 0 Å². The van der Waals surface area contributed by atoms with E-state index in [1.165, 1.54) is 59.9 Å². The smallest absolute Gasteiger partial charge is 0.109 e. The van der Waals surface area contributed by atoms with Gasteiger partial charge >= 0.3 is 0 Å². The van der Waals surface area contributed by atoms with Gasteiger partial charge in [0.05, 0.1) is 14.2 Å². The Labute approximate surface area is 902 Å². The van der Waals surface area contributed by atoms with Gasteiger partial charge < -0.3 is 9.13 Å². The van der Waals surface area contributed by atoms with E-state index in [2.05, 4.69) is 457 Å². The maximum atomic E-state index is 12.5. The van der Waals surface area contributed by atoms with E-state index in [0.29, 0.717) is 0 Å². The van der Waals surface area contributed by atoms with Crippen LogP contribution in [0.4, 0.5) is 0 Å². The summed E-state index contributed by atoms with van der Waals surface area (Å²) in [7, 11) is -4.34. The molecule has 0 saturated carbocycles. The predicted molar refractivity (Wildman–Crippen MR) is 643 cm³/mol. The lowest BCUT2D eigenvalue weighted by Gasteiger charge is -2.35. The zero-order chi connectivity index (χ0) is 101. The monoisotopic (exact) mass is 2220 g/mol. The Hall–Kier alpha value is -8.99. The molecule has 0 saturated heterocycles. The molecule has 18 rings (SSSR count). The minimum absolute atomic E-state index is 0.322. The maximum absolute atomic E-state index is 12.5. The molecule has 0 N–H and O–H groups in total. The Balaban J connectivity index is 0.000000252. The summed E-state index contributed by atoms with van der Waals surface area (Å²) in [5, 5.41) is 1.83. The summed E-state index contributed by atoms with van der Waals surface area (Å²) in [6.45, 7) is 23.2. The molecule has 0 aromatic heterocycles. The Kier molecular flexibility index (Phi) is 57.0. The Bertz CT molecular complexity index is 5680. The predicted octanol–water partition coefficient (Wildman–Crippen LogP) is 39.1. The van der Waals surface area contributed by atoms with Crippen LogP contribution in [0.2, 0.25) is 0 Å². The van der Waals surface area contributed by atoms with Gasteiger partial charge in [0, 0.05) is 68.1 Å². The van der Waals surface area contributed by atoms with Crippen LogP contribution in [-0.4, -0.2) is 26.7 Å². The molecule has 0 spiro atoms. The summed E-state index contributed by atoms with van der Waals surface area (Å²) in [4.78, 5) is 9.57. The number of thiol groups is 6. The molecule has 0 radical (unpaired) electrons. The summed E-state index contributed by atoms with van der Waals surface area (Å²) >= 11 is 40.6. The van der Waals surface area contributed by atoms with Crippen LogP contribution in [0, 0.1) is 0 Å². The largest absolute Gasteiger partial charge is 0.319 e. The third-order valence-electron chi connectivity index (χ3n) is 19.8. The van der Waals surface area contributed by atoms with Gasteiger partial charge in [-0.1, -0.05) is 473 Å². The third kappa shape index (κ3) is 40.7. The lowest BCUT2D eigenvalue weighted by atomic mass is 9.84. The van der Waals surface area contributed by atoms with Crippen molar-refractivity contribution >= 4 is 184 Å². The first-order valence-electron chi connectivity index (χ1n) is 45.9. The summed E-state index contributed by atoms with van der Waals surface area (Å²) in [6, 6.07) is 176. The number of thioether (sulfide) groups is 3. The number of halogens is 3. The van der Waals surface area contributed by atoms with Crippen LogP contribution in [0.3, 0.4) is 0 Å². The van der Waals surface area contributed by atoms with Crippen LogP contribution in [0.15, 0.2) is 573 Å².